The predicted octanol–water partition coefficient (Wildman–Crippen LogP) is 1.92. The summed E-state index contributed by atoms with van der Waals surface area (Å²) in [6.07, 6.45) is 5.78. The molecule has 1 aromatic rings. The average molecular weight is 350 g/mol. The van der Waals surface area contributed by atoms with Crippen molar-refractivity contribution in [3.8, 4) is 0 Å². The van der Waals surface area contributed by atoms with Crippen molar-refractivity contribution in [1.82, 2.24) is 14.7 Å². The Balaban J connectivity index is 1.44. The van der Waals surface area contributed by atoms with Gasteiger partial charge in [0.1, 0.15) is 0 Å². The molecule has 4 heterocycles. The zero-order valence-electron chi connectivity index (χ0n) is 14.3. The fourth-order valence-electron chi connectivity index (χ4n) is 4.19. The van der Waals surface area contributed by atoms with Crippen LogP contribution < -0.4 is 5.56 Å². The Morgan fingerprint density at radius 2 is 2.12 bits per heavy atom. The highest BCUT2D eigenvalue weighted by molar-refractivity contribution is 7.98. The van der Waals surface area contributed by atoms with Crippen molar-refractivity contribution in [2.24, 2.45) is 5.92 Å². The van der Waals surface area contributed by atoms with Gasteiger partial charge in [0, 0.05) is 44.0 Å². The minimum atomic E-state index is 0.0779. The third-order valence-corrected chi connectivity index (χ3v) is 6.63. The predicted molar refractivity (Wildman–Crippen MR) is 96.5 cm³/mol. The van der Waals surface area contributed by atoms with Crippen LogP contribution in [0.3, 0.4) is 0 Å². The van der Waals surface area contributed by atoms with E-state index in [9.17, 15) is 4.79 Å². The summed E-state index contributed by atoms with van der Waals surface area (Å²) in [6, 6.07) is 2.29. The number of fused-ring (bicyclic) bond motifs is 1. The fraction of sp³-hybridized carbons (Fsp3) is 0.778. The molecule has 5 nitrogen and oxygen atoms in total. The van der Waals surface area contributed by atoms with Gasteiger partial charge in [0.15, 0.2) is 0 Å². The second kappa shape index (κ2) is 7.58. The lowest BCUT2D eigenvalue weighted by Gasteiger charge is -2.31. The molecule has 0 bridgehead atoms. The summed E-state index contributed by atoms with van der Waals surface area (Å²) >= 11 is 1.90. The van der Waals surface area contributed by atoms with Crippen LogP contribution in [0.25, 0.3) is 0 Å². The summed E-state index contributed by atoms with van der Waals surface area (Å²) < 4.78 is 7.22. The molecule has 3 aliphatic rings. The van der Waals surface area contributed by atoms with Crippen molar-refractivity contribution in [2.45, 2.75) is 50.4 Å². The van der Waals surface area contributed by atoms with Crippen molar-refractivity contribution >= 4 is 11.8 Å². The van der Waals surface area contributed by atoms with Crippen LogP contribution in [-0.2, 0) is 23.5 Å². The van der Waals surface area contributed by atoms with Crippen molar-refractivity contribution in [2.75, 3.05) is 32.1 Å². The molecule has 0 aliphatic carbocycles. The van der Waals surface area contributed by atoms with E-state index in [2.05, 4.69) is 4.90 Å². The van der Waals surface area contributed by atoms with E-state index in [1.54, 1.807) is 4.68 Å². The Labute approximate surface area is 147 Å². The Hall–Kier alpha value is -0.850. The number of aryl methyl sites for hydroxylation is 1. The Morgan fingerprint density at radius 3 is 3.00 bits per heavy atom. The van der Waals surface area contributed by atoms with Gasteiger partial charge in [-0.3, -0.25) is 9.69 Å². The van der Waals surface area contributed by atoms with E-state index in [1.807, 2.05) is 17.8 Å². The molecule has 4 rings (SSSR count). The first-order valence-corrected chi connectivity index (χ1v) is 10.4. The van der Waals surface area contributed by atoms with Crippen LogP contribution >= 0.6 is 11.8 Å². The number of likely N-dealkylation sites (tertiary alicyclic amines) is 1. The summed E-state index contributed by atoms with van der Waals surface area (Å²) in [4.78, 5) is 15.0. The maximum Gasteiger partial charge on any atom is 0.267 e. The number of ether oxygens (including phenoxy) is 1. The molecule has 3 aliphatic heterocycles. The van der Waals surface area contributed by atoms with Crippen LogP contribution in [-0.4, -0.2) is 52.8 Å². The largest absolute Gasteiger partial charge is 0.381 e. The Morgan fingerprint density at radius 1 is 1.25 bits per heavy atom. The molecule has 0 aromatic carbocycles. The highest BCUT2D eigenvalue weighted by atomic mass is 32.2. The first-order valence-electron chi connectivity index (χ1n) is 9.29. The smallest absolute Gasteiger partial charge is 0.267 e. The van der Waals surface area contributed by atoms with Crippen LogP contribution in [0.15, 0.2) is 10.9 Å². The summed E-state index contributed by atoms with van der Waals surface area (Å²) in [6.45, 7) is 4.89. The number of nitrogens with zero attached hydrogens (tertiary/aromatic N) is 3. The SMILES string of the molecule is O=c1cc2c(nn1CC1CCCN1CC1CCOCC1)CCSC2. The first-order chi connectivity index (χ1) is 11.8. The summed E-state index contributed by atoms with van der Waals surface area (Å²) in [5.41, 5.74) is 2.37. The maximum absolute atomic E-state index is 12.4. The van der Waals surface area contributed by atoms with Gasteiger partial charge in [0.05, 0.1) is 12.2 Å². The molecule has 0 radical (unpaired) electrons. The average Bonchev–Trinajstić information content (AvgIpc) is 3.03. The highest BCUT2D eigenvalue weighted by Gasteiger charge is 2.28. The summed E-state index contributed by atoms with van der Waals surface area (Å²) in [7, 11) is 0. The van der Waals surface area contributed by atoms with E-state index in [0.717, 1.165) is 61.4 Å². The molecule has 0 spiro atoms. The molecule has 6 heteroatoms. The van der Waals surface area contributed by atoms with Gasteiger partial charge >= 0.3 is 0 Å². The quantitative estimate of drug-likeness (QED) is 0.831. The number of hydrogen-bond donors (Lipinski definition) is 0. The number of rotatable bonds is 4. The molecule has 24 heavy (non-hydrogen) atoms. The summed E-state index contributed by atoms with van der Waals surface area (Å²) in [5, 5.41) is 4.70. The number of hydrogen-bond acceptors (Lipinski definition) is 5. The van der Waals surface area contributed by atoms with Crippen LogP contribution in [0.2, 0.25) is 0 Å². The Bertz CT molecular complexity index is 627. The lowest BCUT2D eigenvalue weighted by molar-refractivity contribution is 0.0493. The van der Waals surface area contributed by atoms with Crippen LogP contribution in [0, 0.1) is 5.92 Å². The minimum Gasteiger partial charge on any atom is -0.381 e. The third kappa shape index (κ3) is 3.70. The molecular weight excluding hydrogens is 322 g/mol. The van der Waals surface area contributed by atoms with Crippen molar-refractivity contribution in [3.05, 3.63) is 27.7 Å². The molecule has 2 saturated heterocycles. The standard InChI is InChI=1S/C18H27N3O2S/c22-18-10-15-13-24-9-5-17(15)19-21(18)12-16-2-1-6-20(16)11-14-3-7-23-8-4-14/h10,14,16H,1-9,11-13H2. The van der Waals surface area contributed by atoms with Crippen LogP contribution in [0.1, 0.15) is 36.9 Å². The van der Waals surface area contributed by atoms with Gasteiger partial charge in [-0.25, -0.2) is 4.68 Å². The van der Waals surface area contributed by atoms with Crippen molar-refractivity contribution in [1.29, 1.82) is 0 Å². The van der Waals surface area contributed by atoms with E-state index in [4.69, 9.17) is 9.84 Å². The van der Waals surface area contributed by atoms with Gasteiger partial charge in [-0.1, -0.05) is 0 Å². The van der Waals surface area contributed by atoms with Crippen molar-refractivity contribution in [3.63, 3.8) is 0 Å². The number of thioether (sulfide) groups is 1. The monoisotopic (exact) mass is 349 g/mol. The lowest BCUT2D eigenvalue weighted by Crippen LogP contribution is -2.40. The van der Waals surface area contributed by atoms with E-state index in [0.29, 0.717) is 6.04 Å². The molecule has 1 atom stereocenters. The molecule has 1 aromatic heterocycles. The zero-order chi connectivity index (χ0) is 16.4. The van der Waals surface area contributed by atoms with Gasteiger partial charge in [-0.15, -0.1) is 0 Å². The fourth-order valence-corrected chi connectivity index (χ4v) is 5.14. The second-order valence-corrected chi connectivity index (χ2v) is 8.39. The number of aromatic nitrogens is 2. The minimum absolute atomic E-state index is 0.0779. The van der Waals surface area contributed by atoms with E-state index < -0.39 is 0 Å². The molecular formula is C18H27N3O2S. The molecule has 0 saturated carbocycles. The molecule has 132 valence electrons. The molecule has 0 amide bonds. The molecule has 0 N–H and O–H groups in total. The van der Waals surface area contributed by atoms with E-state index >= 15 is 0 Å². The van der Waals surface area contributed by atoms with E-state index in [-0.39, 0.29) is 5.56 Å². The van der Waals surface area contributed by atoms with Gasteiger partial charge in [-0.2, -0.15) is 16.9 Å². The molecule has 1 unspecified atom stereocenters. The van der Waals surface area contributed by atoms with Crippen LogP contribution in [0.5, 0.6) is 0 Å². The van der Waals surface area contributed by atoms with Gasteiger partial charge in [-0.05, 0) is 49.5 Å². The topological polar surface area (TPSA) is 47.4 Å². The zero-order valence-corrected chi connectivity index (χ0v) is 15.1. The van der Waals surface area contributed by atoms with Crippen molar-refractivity contribution < 1.29 is 4.74 Å². The highest BCUT2D eigenvalue weighted by Crippen LogP contribution is 2.25. The second-order valence-electron chi connectivity index (χ2n) is 7.29. The third-order valence-electron chi connectivity index (χ3n) is 5.62. The van der Waals surface area contributed by atoms with Gasteiger partial charge in [0.2, 0.25) is 0 Å². The van der Waals surface area contributed by atoms with Gasteiger partial charge < -0.3 is 4.74 Å². The Kier molecular flexibility index (Phi) is 5.25. The van der Waals surface area contributed by atoms with E-state index in [1.165, 1.54) is 32.2 Å². The maximum atomic E-state index is 12.4. The first kappa shape index (κ1) is 16.6. The van der Waals surface area contributed by atoms with Gasteiger partial charge in [0.25, 0.3) is 5.56 Å². The summed E-state index contributed by atoms with van der Waals surface area (Å²) in [5.74, 6) is 2.82. The lowest BCUT2D eigenvalue weighted by atomic mass is 9.99. The normalized spacial score (nSPS) is 25.8. The molecule has 2 fully saturated rings. The van der Waals surface area contributed by atoms with Crippen LogP contribution in [0.4, 0.5) is 0 Å².